The molecule has 1 unspecified atom stereocenters. The van der Waals surface area contributed by atoms with E-state index in [1.165, 1.54) is 12.1 Å². The first-order valence-corrected chi connectivity index (χ1v) is 10.1. The monoisotopic (exact) mass is 396 g/mol. The predicted octanol–water partition coefficient (Wildman–Crippen LogP) is 2.47. The third-order valence-corrected chi connectivity index (χ3v) is 5.57. The molecule has 2 aliphatic heterocycles. The SMILES string of the molecule is N#Cc1cc2n(n1)CCCN(C(=O)NC1CCCN(Cc3ccc(F)cc3)C1)C2. The molecule has 2 aromatic rings. The number of urea groups is 1. The number of hydrogen-bond donors (Lipinski definition) is 1. The number of likely N-dealkylation sites (tertiary alicyclic amines) is 1. The van der Waals surface area contributed by atoms with Gasteiger partial charge in [-0.3, -0.25) is 9.58 Å². The molecule has 7 nitrogen and oxygen atoms in total. The van der Waals surface area contributed by atoms with Gasteiger partial charge in [0.1, 0.15) is 11.9 Å². The first-order valence-electron chi connectivity index (χ1n) is 10.1. The highest BCUT2D eigenvalue weighted by molar-refractivity contribution is 5.74. The highest BCUT2D eigenvalue weighted by Gasteiger charge is 2.25. The molecule has 2 amide bonds. The van der Waals surface area contributed by atoms with Crippen LogP contribution in [-0.4, -0.2) is 51.3 Å². The molecule has 1 aromatic carbocycles. The highest BCUT2D eigenvalue weighted by atomic mass is 19.1. The number of hydrogen-bond acceptors (Lipinski definition) is 4. The molecular weight excluding hydrogens is 371 g/mol. The van der Waals surface area contributed by atoms with Gasteiger partial charge < -0.3 is 10.2 Å². The Kier molecular flexibility index (Phi) is 5.76. The number of rotatable bonds is 3. The van der Waals surface area contributed by atoms with Crippen LogP contribution in [0.2, 0.25) is 0 Å². The van der Waals surface area contributed by atoms with Crippen molar-refractivity contribution < 1.29 is 9.18 Å². The predicted molar refractivity (Wildman–Crippen MR) is 105 cm³/mol. The maximum absolute atomic E-state index is 13.1. The van der Waals surface area contributed by atoms with Crippen molar-refractivity contribution in [2.75, 3.05) is 19.6 Å². The maximum Gasteiger partial charge on any atom is 0.318 e. The van der Waals surface area contributed by atoms with Crippen molar-refractivity contribution in [3.63, 3.8) is 0 Å². The minimum absolute atomic E-state index is 0.0632. The summed E-state index contributed by atoms with van der Waals surface area (Å²) in [7, 11) is 0. The largest absolute Gasteiger partial charge is 0.334 e. The second-order valence-electron chi connectivity index (χ2n) is 7.78. The number of carbonyl (C=O) groups is 1. The molecule has 3 heterocycles. The zero-order valence-corrected chi connectivity index (χ0v) is 16.4. The summed E-state index contributed by atoms with van der Waals surface area (Å²) in [5.74, 6) is -0.224. The highest BCUT2D eigenvalue weighted by Crippen LogP contribution is 2.17. The van der Waals surface area contributed by atoms with Gasteiger partial charge in [-0.1, -0.05) is 12.1 Å². The Bertz CT molecular complexity index is 903. The summed E-state index contributed by atoms with van der Waals surface area (Å²) in [6.07, 6.45) is 2.79. The fourth-order valence-electron chi connectivity index (χ4n) is 4.12. The third-order valence-electron chi connectivity index (χ3n) is 5.57. The van der Waals surface area contributed by atoms with Crippen LogP contribution >= 0.6 is 0 Å². The van der Waals surface area contributed by atoms with Crippen LogP contribution in [0.15, 0.2) is 30.3 Å². The summed E-state index contributed by atoms with van der Waals surface area (Å²) >= 11 is 0. The molecule has 4 rings (SSSR count). The van der Waals surface area contributed by atoms with Gasteiger partial charge in [-0.15, -0.1) is 0 Å². The zero-order valence-electron chi connectivity index (χ0n) is 16.4. The molecule has 1 saturated heterocycles. The summed E-state index contributed by atoms with van der Waals surface area (Å²) in [5, 5.41) is 16.5. The number of aromatic nitrogens is 2. The van der Waals surface area contributed by atoms with E-state index in [1.807, 2.05) is 16.8 Å². The second-order valence-corrected chi connectivity index (χ2v) is 7.78. The summed E-state index contributed by atoms with van der Waals surface area (Å²) in [6.45, 7) is 4.37. The Morgan fingerprint density at radius 3 is 2.86 bits per heavy atom. The van der Waals surface area contributed by atoms with Gasteiger partial charge in [0.15, 0.2) is 5.69 Å². The lowest BCUT2D eigenvalue weighted by atomic mass is 10.0. The Labute approximate surface area is 169 Å². The molecule has 152 valence electrons. The molecule has 0 bridgehead atoms. The molecule has 0 spiro atoms. The summed E-state index contributed by atoms with van der Waals surface area (Å²) < 4.78 is 14.9. The Hall–Kier alpha value is -2.92. The number of amides is 2. The number of nitrogens with one attached hydrogen (secondary N) is 1. The van der Waals surface area contributed by atoms with Crippen molar-refractivity contribution in [3.8, 4) is 6.07 Å². The lowest BCUT2D eigenvalue weighted by Gasteiger charge is -2.34. The average molecular weight is 396 g/mol. The lowest BCUT2D eigenvalue weighted by Crippen LogP contribution is -2.51. The quantitative estimate of drug-likeness (QED) is 0.865. The molecule has 1 fully saturated rings. The Morgan fingerprint density at radius 1 is 1.24 bits per heavy atom. The molecule has 1 aromatic heterocycles. The zero-order chi connectivity index (χ0) is 20.2. The van der Waals surface area contributed by atoms with Crippen molar-refractivity contribution in [1.29, 1.82) is 5.26 Å². The average Bonchev–Trinajstić information content (AvgIpc) is 3.00. The maximum atomic E-state index is 13.1. The third kappa shape index (κ3) is 4.74. The van der Waals surface area contributed by atoms with Crippen LogP contribution in [0.5, 0.6) is 0 Å². The number of nitrogens with zero attached hydrogens (tertiary/aromatic N) is 5. The number of halogens is 1. The van der Waals surface area contributed by atoms with Crippen LogP contribution in [0, 0.1) is 17.1 Å². The van der Waals surface area contributed by atoms with E-state index in [4.69, 9.17) is 5.26 Å². The normalized spacial score (nSPS) is 19.9. The molecule has 2 aliphatic rings. The van der Waals surface area contributed by atoms with Crippen LogP contribution in [0.4, 0.5) is 9.18 Å². The fourth-order valence-corrected chi connectivity index (χ4v) is 4.12. The van der Waals surface area contributed by atoms with Crippen molar-refractivity contribution >= 4 is 6.03 Å². The van der Waals surface area contributed by atoms with Crippen LogP contribution in [-0.2, 0) is 19.6 Å². The van der Waals surface area contributed by atoms with E-state index in [-0.39, 0.29) is 17.9 Å². The van der Waals surface area contributed by atoms with Gasteiger partial charge in [0.05, 0.1) is 12.2 Å². The standard InChI is InChI=1S/C21H25FN6O/c22-17-6-4-16(5-7-17)13-26-8-1-3-18(14-26)24-21(29)27-9-2-10-28-20(15-27)11-19(12-23)25-28/h4-7,11,18H,1-3,8-10,13-15H2,(H,24,29). The molecule has 1 N–H and O–H groups in total. The summed E-state index contributed by atoms with van der Waals surface area (Å²) in [4.78, 5) is 17.0. The smallest absolute Gasteiger partial charge is 0.318 e. The number of carbonyl (C=O) groups excluding carboxylic acids is 1. The molecule has 0 saturated carbocycles. The molecule has 29 heavy (non-hydrogen) atoms. The van der Waals surface area contributed by atoms with Gasteiger partial charge in [0.2, 0.25) is 0 Å². The molecule has 0 radical (unpaired) electrons. The number of piperidine rings is 1. The van der Waals surface area contributed by atoms with E-state index in [9.17, 15) is 9.18 Å². The van der Waals surface area contributed by atoms with E-state index in [2.05, 4.69) is 21.4 Å². The first-order chi connectivity index (χ1) is 14.1. The van der Waals surface area contributed by atoms with Crippen molar-refractivity contribution in [2.45, 2.75) is 44.9 Å². The first kappa shape index (κ1) is 19.4. The van der Waals surface area contributed by atoms with Crippen molar-refractivity contribution in [3.05, 3.63) is 53.1 Å². The number of benzene rings is 1. The van der Waals surface area contributed by atoms with E-state index in [0.717, 1.165) is 56.7 Å². The Morgan fingerprint density at radius 2 is 2.07 bits per heavy atom. The van der Waals surface area contributed by atoms with Crippen LogP contribution in [0.1, 0.15) is 36.2 Å². The van der Waals surface area contributed by atoms with Gasteiger partial charge in [-0.25, -0.2) is 9.18 Å². The molecule has 8 heteroatoms. The Balaban J connectivity index is 1.34. The number of nitriles is 1. The van der Waals surface area contributed by atoms with Gasteiger partial charge in [0.25, 0.3) is 0 Å². The molecule has 0 aliphatic carbocycles. The molecular formula is C21H25FN6O. The van der Waals surface area contributed by atoms with Crippen LogP contribution in [0.3, 0.4) is 0 Å². The van der Waals surface area contributed by atoms with Gasteiger partial charge in [-0.2, -0.15) is 10.4 Å². The van der Waals surface area contributed by atoms with Gasteiger partial charge >= 0.3 is 6.03 Å². The lowest BCUT2D eigenvalue weighted by molar-refractivity contribution is 0.162. The minimum atomic E-state index is -0.224. The summed E-state index contributed by atoms with van der Waals surface area (Å²) in [5.41, 5.74) is 2.37. The van der Waals surface area contributed by atoms with E-state index in [0.29, 0.717) is 18.8 Å². The van der Waals surface area contributed by atoms with Gasteiger partial charge in [-0.05, 0) is 49.6 Å². The van der Waals surface area contributed by atoms with Crippen molar-refractivity contribution in [1.82, 2.24) is 24.9 Å². The van der Waals surface area contributed by atoms with Gasteiger partial charge in [0, 0.05) is 32.2 Å². The van der Waals surface area contributed by atoms with E-state index in [1.54, 1.807) is 11.0 Å². The van der Waals surface area contributed by atoms with Crippen molar-refractivity contribution in [2.24, 2.45) is 0 Å². The minimum Gasteiger partial charge on any atom is -0.334 e. The summed E-state index contributed by atoms with van der Waals surface area (Å²) in [6, 6.07) is 10.5. The van der Waals surface area contributed by atoms with E-state index < -0.39 is 0 Å². The van der Waals surface area contributed by atoms with Crippen LogP contribution in [0.25, 0.3) is 0 Å². The topological polar surface area (TPSA) is 77.2 Å². The van der Waals surface area contributed by atoms with E-state index >= 15 is 0 Å². The number of aryl methyl sites for hydroxylation is 1. The van der Waals surface area contributed by atoms with Crippen LogP contribution < -0.4 is 5.32 Å². The molecule has 1 atom stereocenters. The fraction of sp³-hybridized carbons (Fsp3) is 0.476. The second kappa shape index (κ2) is 8.62. The number of fused-ring (bicyclic) bond motifs is 1.